The average molecular weight is 255 g/mol. The molecule has 0 amide bonds. The molecule has 0 aromatic carbocycles. The highest BCUT2D eigenvalue weighted by atomic mass is 16.5. The molecule has 8 nitrogen and oxygen atoms in total. The highest BCUT2D eigenvalue weighted by molar-refractivity contribution is 5.81. The minimum absolute atomic E-state index is 0.132. The fourth-order valence-electron chi connectivity index (χ4n) is 1.18. The molecule has 0 radical (unpaired) electrons. The molecule has 1 aromatic rings. The van der Waals surface area contributed by atoms with E-state index in [0.717, 1.165) is 6.21 Å². The zero-order valence-electron chi connectivity index (χ0n) is 9.73. The van der Waals surface area contributed by atoms with E-state index >= 15 is 0 Å². The Morgan fingerprint density at radius 3 is 2.78 bits per heavy atom. The van der Waals surface area contributed by atoms with Crippen LogP contribution in [-0.2, 0) is 9.53 Å². The van der Waals surface area contributed by atoms with Crippen molar-refractivity contribution in [2.75, 3.05) is 13.7 Å². The first-order chi connectivity index (χ1) is 8.54. The summed E-state index contributed by atoms with van der Waals surface area (Å²) in [6.07, 6.45) is 1.83. The Hall–Kier alpha value is -2.38. The molecule has 0 bridgehead atoms. The van der Waals surface area contributed by atoms with Gasteiger partial charge in [-0.2, -0.15) is 0 Å². The predicted octanol–water partition coefficient (Wildman–Crippen LogP) is -0.859. The minimum atomic E-state index is -0.791. The summed E-state index contributed by atoms with van der Waals surface area (Å²) < 4.78 is 4.44. The van der Waals surface area contributed by atoms with Gasteiger partial charge in [-0.15, -0.1) is 0 Å². The van der Waals surface area contributed by atoms with Gasteiger partial charge in [-0.3, -0.25) is 24.5 Å². The van der Waals surface area contributed by atoms with Crippen molar-refractivity contribution >= 4 is 12.2 Å². The summed E-state index contributed by atoms with van der Waals surface area (Å²) in [6, 6.07) is 0. The number of aromatic amines is 2. The minimum Gasteiger partial charge on any atom is -0.494 e. The van der Waals surface area contributed by atoms with E-state index in [1.165, 1.54) is 7.11 Å². The molecule has 0 spiro atoms. The second-order valence-electron chi connectivity index (χ2n) is 3.39. The largest absolute Gasteiger partial charge is 0.494 e. The van der Waals surface area contributed by atoms with Gasteiger partial charge in [-0.1, -0.05) is 0 Å². The van der Waals surface area contributed by atoms with Crippen LogP contribution in [0.1, 0.15) is 18.4 Å². The van der Waals surface area contributed by atoms with E-state index in [4.69, 9.17) is 0 Å². The molecule has 0 unspecified atom stereocenters. The molecule has 18 heavy (non-hydrogen) atoms. The number of nitrogens with zero attached hydrogens (tertiary/aromatic N) is 1. The number of aromatic nitrogens is 2. The monoisotopic (exact) mass is 255 g/mol. The molecule has 3 N–H and O–H groups in total. The smallest absolute Gasteiger partial charge is 0.328 e. The lowest BCUT2D eigenvalue weighted by Gasteiger charge is -1.97. The summed E-state index contributed by atoms with van der Waals surface area (Å²) in [4.78, 5) is 40.7. The Balaban J connectivity index is 2.60. The van der Waals surface area contributed by atoms with E-state index in [1.54, 1.807) is 0 Å². The molecular weight excluding hydrogens is 242 g/mol. The molecule has 0 fully saturated rings. The number of hydrogen-bond donors (Lipinski definition) is 3. The number of ether oxygens (including phenoxy) is 1. The number of carbonyl (C=O) groups is 1. The first kappa shape index (κ1) is 13.7. The number of aliphatic imine (C=N–C) groups is 1. The predicted molar refractivity (Wildman–Crippen MR) is 63.1 cm³/mol. The van der Waals surface area contributed by atoms with Crippen LogP contribution in [0.3, 0.4) is 0 Å². The molecule has 98 valence electrons. The van der Waals surface area contributed by atoms with Crippen molar-refractivity contribution in [3.63, 3.8) is 0 Å². The highest BCUT2D eigenvalue weighted by Gasteiger charge is 2.05. The Morgan fingerprint density at radius 1 is 1.44 bits per heavy atom. The lowest BCUT2D eigenvalue weighted by molar-refractivity contribution is -0.140. The Bertz CT molecular complexity index is 557. The number of aromatic hydroxyl groups is 1. The summed E-state index contributed by atoms with van der Waals surface area (Å²) in [5.41, 5.74) is -1.65. The number of hydrogen-bond acceptors (Lipinski definition) is 6. The van der Waals surface area contributed by atoms with Crippen molar-refractivity contribution in [1.82, 2.24) is 9.97 Å². The van der Waals surface area contributed by atoms with Gasteiger partial charge in [0, 0.05) is 19.2 Å². The summed E-state index contributed by atoms with van der Waals surface area (Å²) in [7, 11) is 1.30. The molecule has 1 aromatic heterocycles. The average Bonchev–Trinajstić information content (AvgIpc) is 2.31. The number of nitrogens with one attached hydrogen (secondary N) is 2. The van der Waals surface area contributed by atoms with Crippen LogP contribution in [0.15, 0.2) is 14.6 Å². The van der Waals surface area contributed by atoms with Gasteiger partial charge in [-0.05, 0) is 6.42 Å². The van der Waals surface area contributed by atoms with Gasteiger partial charge >= 0.3 is 11.7 Å². The van der Waals surface area contributed by atoms with Crippen LogP contribution < -0.4 is 11.2 Å². The van der Waals surface area contributed by atoms with Crippen LogP contribution >= 0.6 is 0 Å². The van der Waals surface area contributed by atoms with Crippen LogP contribution in [0.2, 0.25) is 0 Å². The molecule has 0 aliphatic heterocycles. The van der Waals surface area contributed by atoms with E-state index in [9.17, 15) is 19.5 Å². The summed E-state index contributed by atoms with van der Waals surface area (Å²) >= 11 is 0. The first-order valence-electron chi connectivity index (χ1n) is 5.17. The van der Waals surface area contributed by atoms with E-state index in [1.807, 2.05) is 9.97 Å². The van der Waals surface area contributed by atoms with Crippen LogP contribution in [0.5, 0.6) is 5.88 Å². The Kier molecular flexibility index (Phi) is 4.85. The van der Waals surface area contributed by atoms with Crippen LogP contribution in [-0.4, -0.2) is 40.9 Å². The third-order valence-corrected chi connectivity index (χ3v) is 2.07. The number of esters is 1. The van der Waals surface area contributed by atoms with Gasteiger partial charge in [0.15, 0.2) is 0 Å². The van der Waals surface area contributed by atoms with Crippen molar-refractivity contribution in [3.05, 3.63) is 26.4 Å². The molecule has 0 aliphatic rings. The third kappa shape index (κ3) is 3.89. The van der Waals surface area contributed by atoms with Crippen LogP contribution in [0, 0.1) is 0 Å². The highest BCUT2D eigenvalue weighted by Crippen LogP contribution is 2.01. The van der Waals surface area contributed by atoms with Gasteiger partial charge in [0.25, 0.3) is 5.56 Å². The number of rotatable bonds is 5. The fraction of sp³-hybridized carbons (Fsp3) is 0.400. The topological polar surface area (TPSA) is 125 Å². The maximum absolute atomic E-state index is 11.3. The number of carbonyl (C=O) groups excluding carboxylic acids is 1. The zero-order valence-corrected chi connectivity index (χ0v) is 9.73. The molecule has 1 heterocycles. The van der Waals surface area contributed by atoms with Crippen molar-refractivity contribution in [3.8, 4) is 5.88 Å². The first-order valence-corrected chi connectivity index (χ1v) is 5.17. The SMILES string of the molecule is COC(=O)CCCN=Cc1c(O)[nH]c(=O)[nH]c1=O. The van der Waals surface area contributed by atoms with Crippen LogP contribution in [0.25, 0.3) is 0 Å². The van der Waals surface area contributed by atoms with Gasteiger partial charge in [0.2, 0.25) is 5.88 Å². The van der Waals surface area contributed by atoms with Crippen molar-refractivity contribution < 1.29 is 14.6 Å². The molecule has 0 saturated carbocycles. The van der Waals surface area contributed by atoms with Gasteiger partial charge in [-0.25, -0.2) is 4.79 Å². The van der Waals surface area contributed by atoms with Crippen molar-refractivity contribution in [1.29, 1.82) is 0 Å². The molecule has 8 heteroatoms. The maximum Gasteiger partial charge on any atom is 0.328 e. The maximum atomic E-state index is 11.3. The van der Waals surface area contributed by atoms with E-state index in [2.05, 4.69) is 9.73 Å². The second-order valence-corrected chi connectivity index (χ2v) is 3.39. The number of methoxy groups -OCH3 is 1. The van der Waals surface area contributed by atoms with Gasteiger partial charge < -0.3 is 9.84 Å². The molecule has 0 atom stereocenters. The fourth-order valence-corrected chi connectivity index (χ4v) is 1.18. The number of H-pyrrole nitrogens is 2. The van der Waals surface area contributed by atoms with Crippen molar-refractivity contribution in [2.45, 2.75) is 12.8 Å². The van der Waals surface area contributed by atoms with E-state index in [0.29, 0.717) is 13.0 Å². The van der Waals surface area contributed by atoms with Gasteiger partial charge in [0.05, 0.1) is 7.11 Å². The normalized spacial score (nSPS) is 10.7. The van der Waals surface area contributed by atoms with Gasteiger partial charge in [0.1, 0.15) is 5.56 Å². The Morgan fingerprint density at radius 2 is 2.17 bits per heavy atom. The standard InChI is InChI=1S/C10H13N3O5/c1-18-7(14)3-2-4-11-5-6-8(15)12-10(17)13-9(6)16/h5H,2-4H2,1H3,(H3,12,13,15,16,17). The zero-order chi connectivity index (χ0) is 13.5. The second kappa shape index (κ2) is 6.38. The van der Waals surface area contributed by atoms with E-state index < -0.39 is 17.1 Å². The lowest BCUT2D eigenvalue weighted by atomic mass is 10.3. The third-order valence-electron chi connectivity index (χ3n) is 2.07. The molecule has 0 saturated heterocycles. The van der Waals surface area contributed by atoms with Crippen molar-refractivity contribution in [2.24, 2.45) is 4.99 Å². The quantitative estimate of drug-likeness (QED) is 0.358. The summed E-state index contributed by atoms with van der Waals surface area (Å²) in [6.45, 7) is 0.299. The molecule has 0 aliphatic carbocycles. The molecule has 1 rings (SSSR count). The Labute approximate surface area is 101 Å². The lowest BCUT2D eigenvalue weighted by Crippen LogP contribution is -2.24. The summed E-state index contributed by atoms with van der Waals surface area (Å²) in [5.74, 6) is -0.879. The summed E-state index contributed by atoms with van der Waals surface area (Å²) in [5, 5.41) is 9.31. The van der Waals surface area contributed by atoms with E-state index in [-0.39, 0.29) is 18.0 Å². The molecular formula is C10H13N3O5. The van der Waals surface area contributed by atoms with Crippen LogP contribution in [0.4, 0.5) is 0 Å².